The van der Waals surface area contributed by atoms with E-state index in [0.717, 1.165) is 17.2 Å². The quantitative estimate of drug-likeness (QED) is 0.771. The zero-order valence-corrected chi connectivity index (χ0v) is 11.7. The highest BCUT2D eigenvalue weighted by Gasteiger charge is 2.08. The summed E-state index contributed by atoms with van der Waals surface area (Å²) in [5.74, 6) is -0.972. The lowest BCUT2D eigenvalue weighted by Crippen LogP contribution is -2.26. The van der Waals surface area contributed by atoms with Crippen molar-refractivity contribution >= 4 is 18.0 Å². The Morgan fingerprint density at radius 2 is 2.15 bits per heavy atom. The molecular weight excluding hydrogens is 258 g/mol. The molecule has 0 heterocycles. The number of rotatable bonds is 7. The molecule has 1 amide bonds. The smallest absolute Gasteiger partial charge is 0.328 e. The van der Waals surface area contributed by atoms with Gasteiger partial charge in [0.15, 0.2) is 0 Å². The van der Waals surface area contributed by atoms with Crippen LogP contribution in [-0.2, 0) is 20.9 Å². The minimum atomic E-state index is -0.984. The number of ether oxygens (including phenoxy) is 1. The van der Waals surface area contributed by atoms with Crippen molar-refractivity contribution in [2.45, 2.75) is 13.0 Å². The molecule has 20 heavy (non-hydrogen) atoms. The van der Waals surface area contributed by atoms with Crippen LogP contribution in [0.15, 0.2) is 30.3 Å². The molecule has 0 radical (unpaired) electrons. The lowest BCUT2D eigenvalue weighted by atomic mass is 10.1. The van der Waals surface area contributed by atoms with E-state index in [1.54, 1.807) is 19.1 Å². The number of benzene rings is 1. The Labute approximate surface area is 118 Å². The summed E-state index contributed by atoms with van der Waals surface area (Å²) < 4.78 is 4.87. The van der Waals surface area contributed by atoms with Crippen molar-refractivity contribution < 1.29 is 19.4 Å². The van der Waals surface area contributed by atoms with Gasteiger partial charge < -0.3 is 14.7 Å². The zero-order valence-electron chi connectivity index (χ0n) is 11.7. The van der Waals surface area contributed by atoms with Gasteiger partial charge >= 0.3 is 5.97 Å². The first kappa shape index (κ1) is 15.9. The van der Waals surface area contributed by atoms with Crippen LogP contribution in [0.3, 0.4) is 0 Å². The molecule has 0 spiro atoms. The molecule has 5 heteroatoms. The van der Waals surface area contributed by atoms with Gasteiger partial charge in [0.05, 0.1) is 13.0 Å². The van der Waals surface area contributed by atoms with E-state index < -0.39 is 5.97 Å². The highest BCUT2D eigenvalue weighted by atomic mass is 16.5. The standard InChI is InChI=1S/C15H19NO4/c1-16(14(17)8-9-20-2)11-13-5-3-4-12(10-13)6-7-15(18)19/h3-7,10H,8-9,11H2,1-2H3,(H,18,19). The number of carboxylic acid groups (broad SMARTS) is 1. The van der Waals surface area contributed by atoms with Crippen molar-refractivity contribution in [2.75, 3.05) is 20.8 Å². The zero-order chi connectivity index (χ0) is 15.0. The summed E-state index contributed by atoms with van der Waals surface area (Å²) in [5.41, 5.74) is 1.74. The fourth-order valence-electron chi connectivity index (χ4n) is 1.70. The predicted octanol–water partition coefficient (Wildman–Crippen LogP) is 1.78. The van der Waals surface area contributed by atoms with Gasteiger partial charge in [-0.25, -0.2) is 4.79 Å². The second-order valence-electron chi connectivity index (χ2n) is 4.41. The van der Waals surface area contributed by atoms with E-state index in [9.17, 15) is 9.59 Å². The predicted molar refractivity (Wildman–Crippen MR) is 76.1 cm³/mol. The molecule has 0 aliphatic heterocycles. The second-order valence-corrected chi connectivity index (χ2v) is 4.41. The van der Waals surface area contributed by atoms with Crippen molar-refractivity contribution in [3.8, 4) is 0 Å². The first-order valence-corrected chi connectivity index (χ1v) is 6.25. The van der Waals surface area contributed by atoms with Gasteiger partial charge in [-0.2, -0.15) is 0 Å². The van der Waals surface area contributed by atoms with Crippen LogP contribution >= 0.6 is 0 Å². The highest BCUT2D eigenvalue weighted by Crippen LogP contribution is 2.10. The number of carboxylic acids is 1. The van der Waals surface area contributed by atoms with Crippen LogP contribution in [0.2, 0.25) is 0 Å². The number of nitrogens with zero attached hydrogens (tertiary/aromatic N) is 1. The van der Waals surface area contributed by atoms with Gasteiger partial charge in [0.1, 0.15) is 0 Å². The lowest BCUT2D eigenvalue weighted by molar-refractivity contribution is -0.132. The Morgan fingerprint density at radius 3 is 2.80 bits per heavy atom. The first-order chi connectivity index (χ1) is 9.52. The van der Waals surface area contributed by atoms with Crippen LogP contribution < -0.4 is 0 Å². The third kappa shape index (κ3) is 5.67. The summed E-state index contributed by atoms with van der Waals surface area (Å²) in [6.45, 7) is 0.891. The fraction of sp³-hybridized carbons (Fsp3) is 0.333. The van der Waals surface area contributed by atoms with Crippen molar-refractivity contribution in [3.05, 3.63) is 41.5 Å². The molecule has 1 rings (SSSR count). The van der Waals surface area contributed by atoms with E-state index in [2.05, 4.69) is 0 Å². The van der Waals surface area contributed by atoms with Crippen LogP contribution in [0, 0.1) is 0 Å². The Morgan fingerprint density at radius 1 is 1.40 bits per heavy atom. The average Bonchev–Trinajstić information content (AvgIpc) is 2.42. The van der Waals surface area contributed by atoms with Gasteiger partial charge in [0, 0.05) is 26.8 Å². The maximum atomic E-state index is 11.8. The van der Waals surface area contributed by atoms with E-state index in [0.29, 0.717) is 19.6 Å². The molecule has 0 aromatic heterocycles. The van der Waals surface area contributed by atoms with Crippen molar-refractivity contribution in [2.24, 2.45) is 0 Å². The number of carbonyl (C=O) groups excluding carboxylic acids is 1. The lowest BCUT2D eigenvalue weighted by Gasteiger charge is -2.17. The molecule has 0 atom stereocenters. The minimum absolute atomic E-state index is 0.0123. The molecule has 0 saturated heterocycles. The summed E-state index contributed by atoms with van der Waals surface area (Å²) in [5, 5.41) is 8.59. The molecule has 0 fully saturated rings. The van der Waals surface area contributed by atoms with Gasteiger partial charge in [-0.1, -0.05) is 18.2 Å². The SMILES string of the molecule is COCCC(=O)N(C)Cc1cccc(C=CC(=O)O)c1. The van der Waals surface area contributed by atoms with E-state index >= 15 is 0 Å². The summed E-state index contributed by atoms with van der Waals surface area (Å²) in [6, 6.07) is 7.41. The van der Waals surface area contributed by atoms with Crippen LogP contribution in [0.5, 0.6) is 0 Å². The summed E-state index contributed by atoms with van der Waals surface area (Å²) in [6.07, 6.45) is 2.97. The monoisotopic (exact) mass is 277 g/mol. The normalized spacial score (nSPS) is 10.7. The van der Waals surface area contributed by atoms with E-state index in [-0.39, 0.29) is 5.91 Å². The third-order valence-corrected chi connectivity index (χ3v) is 2.73. The molecule has 1 aromatic carbocycles. The third-order valence-electron chi connectivity index (χ3n) is 2.73. The van der Waals surface area contributed by atoms with Crippen LogP contribution in [0.25, 0.3) is 6.08 Å². The molecule has 0 unspecified atom stereocenters. The van der Waals surface area contributed by atoms with Gasteiger partial charge in [0.2, 0.25) is 5.91 Å². The molecular formula is C15H19NO4. The van der Waals surface area contributed by atoms with Crippen molar-refractivity contribution in [1.82, 2.24) is 4.90 Å². The van der Waals surface area contributed by atoms with E-state index in [1.807, 2.05) is 24.3 Å². The Balaban J connectivity index is 2.66. The maximum absolute atomic E-state index is 11.8. The molecule has 5 nitrogen and oxygen atoms in total. The maximum Gasteiger partial charge on any atom is 0.328 e. The number of amides is 1. The van der Waals surface area contributed by atoms with E-state index in [1.165, 1.54) is 6.08 Å². The van der Waals surface area contributed by atoms with Gasteiger partial charge in [-0.15, -0.1) is 0 Å². The topological polar surface area (TPSA) is 66.8 Å². The number of aliphatic carboxylic acids is 1. The largest absolute Gasteiger partial charge is 0.478 e. The summed E-state index contributed by atoms with van der Waals surface area (Å²) in [4.78, 5) is 23.9. The number of methoxy groups -OCH3 is 1. The second kappa shape index (κ2) is 8.12. The first-order valence-electron chi connectivity index (χ1n) is 6.25. The average molecular weight is 277 g/mol. The number of hydrogen-bond donors (Lipinski definition) is 1. The van der Waals surface area contributed by atoms with Crippen molar-refractivity contribution in [3.63, 3.8) is 0 Å². The van der Waals surface area contributed by atoms with Gasteiger partial charge in [-0.3, -0.25) is 4.79 Å². The molecule has 1 aromatic rings. The molecule has 1 N–H and O–H groups in total. The molecule has 0 saturated carbocycles. The summed E-state index contributed by atoms with van der Waals surface area (Å²) in [7, 11) is 3.29. The van der Waals surface area contributed by atoms with Crippen LogP contribution in [0.4, 0.5) is 0 Å². The van der Waals surface area contributed by atoms with Gasteiger partial charge in [0.25, 0.3) is 0 Å². The van der Waals surface area contributed by atoms with E-state index in [4.69, 9.17) is 9.84 Å². The highest BCUT2D eigenvalue weighted by molar-refractivity contribution is 5.85. The van der Waals surface area contributed by atoms with Gasteiger partial charge in [-0.05, 0) is 23.3 Å². The molecule has 0 aliphatic rings. The molecule has 0 aliphatic carbocycles. The van der Waals surface area contributed by atoms with Crippen molar-refractivity contribution in [1.29, 1.82) is 0 Å². The fourth-order valence-corrected chi connectivity index (χ4v) is 1.70. The number of carbonyl (C=O) groups is 2. The Bertz CT molecular complexity index is 496. The van der Waals surface area contributed by atoms with Crippen LogP contribution in [-0.4, -0.2) is 42.6 Å². The summed E-state index contributed by atoms with van der Waals surface area (Å²) >= 11 is 0. The number of hydrogen-bond acceptors (Lipinski definition) is 3. The Hall–Kier alpha value is -2.14. The Kier molecular flexibility index (Phi) is 6.46. The molecule has 0 bridgehead atoms. The molecule has 108 valence electrons. The minimum Gasteiger partial charge on any atom is -0.478 e. The van der Waals surface area contributed by atoms with Crippen LogP contribution in [0.1, 0.15) is 17.5 Å².